The molecule has 0 aromatic heterocycles. The minimum absolute atomic E-state index is 0.0453. The summed E-state index contributed by atoms with van der Waals surface area (Å²) in [6.45, 7) is 1.05. The molecule has 1 aromatic carbocycles. The number of hydrogen-bond donors (Lipinski definition) is 1. The van der Waals surface area contributed by atoms with Crippen LogP contribution in [0.15, 0.2) is 24.3 Å². The highest BCUT2D eigenvalue weighted by Gasteiger charge is 2.32. The van der Waals surface area contributed by atoms with Crippen LogP contribution in [0.2, 0.25) is 0 Å². The summed E-state index contributed by atoms with van der Waals surface area (Å²) in [6, 6.07) is 8.22. The Morgan fingerprint density at radius 1 is 1.12 bits per heavy atom. The van der Waals surface area contributed by atoms with Gasteiger partial charge < -0.3 is 5.32 Å². The fourth-order valence-corrected chi connectivity index (χ4v) is 3.71. The number of rotatable bonds is 4. The van der Waals surface area contributed by atoms with Gasteiger partial charge in [0.1, 0.15) is 0 Å². The van der Waals surface area contributed by atoms with Gasteiger partial charge in [-0.05, 0) is 30.4 Å². The second-order valence-electron chi connectivity index (χ2n) is 6.88. The van der Waals surface area contributed by atoms with E-state index < -0.39 is 12.7 Å². The molecule has 1 unspecified atom stereocenters. The first-order valence-corrected chi connectivity index (χ1v) is 8.79. The lowest BCUT2D eigenvalue weighted by atomic mass is 9.88. The summed E-state index contributed by atoms with van der Waals surface area (Å²) in [4.78, 5) is 15.7. The second-order valence-corrected chi connectivity index (χ2v) is 6.88. The van der Waals surface area contributed by atoms with Crippen LogP contribution in [-0.2, 0) is 11.2 Å². The molecule has 0 radical (unpaired) electrons. The molecule has 0 saturated carbocycles. The topological polar surface area (TPSA) is 35.6 Å². The van der Waals surface area contributed by atoms with Crippen LogP contribution < -0.4 is 5.32 Å². The quantitative estimate of drug-likeness (QED) is 0.901. The van der Waals surface area contributed by atoms with Crippen molar-refractivity contribution in [1.29, 1.82) is 0 Å². The lowest BCUT2D eigenvalue weighted by Crippen LogP contribution is -2.51. The first kappa shape index (κ1) is 18.2. The number of nitrogens with zero attached hydrogens (tertiary/aromatic N) is 2. The van der Waals surface area contributed by atoms with Gasteiger partial charge in [0.05, 0.1) is 19.1 Å². The van der Waals surface area contributed by atoms with Crippen LogP contribution in [0.5, 0.6) is 0 Å². The number of fused-ring (bicyclic) bond motifs is 1. The molecule has 25 heavy (non-hydrogen) atoms. The number of piperazine rings is 1. The number of amides is 1. The van der Waals surface area contributed by atoms with E-state index in [4.69, 9.17) is 0 Å². The molecule has 1 N–H and O–H groups in total. The third kappa shape index (κ3) is 5.19. The molecule has 1 atom stereocenters. The molecular formula is C18H24F3N3O. The number of alkyl halides is 3. The van der Waals surface area contributed by atoms with Crippen molar-refractivity contribution in [2.75, 3.05) is 39.3 Å². The normalized spacial score (nSPS) is 22.4. The average Bonchev–Trinajstić information content (AvgIpc) is 2.56. The van der Waals surface area contributed by atoms with Crippen molar-refractivity contribution in [3.8, 4) is 0 Å². The number of benzene rings is 1. The van der Waals surface area contributed by atoms with E-state index in [1.54, 1.807) is 0 Å². The predicted octanol–water partition coefficient (Wildman–Crippen LogP) is 2.36. The van der Waals surface area contributed by atoms with Gasteiger partial charge in [0.2, 0.25) is 5.91 Å². The molecular weight excluding hydrogens is 331 g/mol. The molecule has 0 spiro atoms. The number of aryl methyl sites for hydroxylation is 1. The summed E-state index contributed by atoms with van der Waals surface area (Å²) < 4.78 is 37.2. The smallest absolute Gasteiger partial charge is 0.348 e. The largest absolute Gasteiger partial charge is 0.401 e. The monoisotopic (exact) mass is 355 g/mol. The maximum atomic E-state index is 12.4. The van der Waals surface area contributed by atoms with Gasteiger partial charge in [-0.25, -0.2) is 0 Å². The van der Waals surface area contributed by atoms with Gasteiger partial charge in [0, 0.05) is 26.2 Å². The first-order chi connectivity index (χ1) is 11.9. The third-order valence-corrected chi connectivity index (χ3v) is 4.94. The highest BCUT2D eigenvalue weighted by atomic mass is 19.4. The molecule has 0 bridgehead atoms. The Balaban J connectivity index is 1.47. The maximum Gasteiger partial charge on any atom is 0.401 e. The summed E-state index contributed by atoms with van der Waals surface area (Å²) in [6.07, 6.45) is -1.13. The maximum absolute atomic E-state index is 12.4. The number of halogens is 3. The number of hydrogen-bond acceptors (Lipinski definition) is 3. The zero-order chi connectivity index (χ0) is 17.9. The van der Waals surface area contributed by atoms with E-state index in [1.807, 2.05) is 17.0 Å². The summed E-state index contributed by atoms with van der Waals surface area (Å²) in [5.74, 6) is -0.0500. The van der Waals surface area contributed by atoms with E-state index in [9.17, 15) is 18.0 Å². The molecule has 1 fully saturated rings. The van der Waals surface area contributed by atoms with E-state index in [0.717, 1.165) is 19.3 Å². The van der Waals surface area contributed by atoms with E-state index in [-0.39, 0.29) is 18.5 Å². The van der Waals surface area contributed by atoms with Gasteiger partial charge in [-0.3, -0.25) is 14.6 Å². The van der Waals surface area contributed by atoms with E-state index >= 15 is 0 Å². The molecule has 2 aliphatic rings. The van der Waals surface area contributed by atoms with Crippen LogP contribution in [0.1, 0.15) is 30.0 Å². The fourth-order valence-electron chi connectivity index (χ4n) is 3.71. The van der Waals surface area contributed by atoms with Crippen LogP contribution >= 0.6 is 0 Å². The Hall–Kier alpha value is -1.60. The van der Waals surface area contributed by atoms with Crippen LogP contribution in [0.25, 0.3) is 0 Å². The Morgan fingerprint density at radius 2 is 1.80 bits per heavy atom. The SMILES string of the molecule is O=C(CN1CCN(CC(F)(F)F)CC1)NC1CCCc2ccccc21. The minimum atomic E-state index is -4.16. The minimum Gasteiger partial charge on any atom is -0.348 e. The van der Waals surface area contributed by atoms with E-state index in [2.05, 4.69) is 17.4 Å². The molecule has 3 rings (SSSR count). The molecule has 1 aliphatic heterocycles. The van der Waals surface area contributed by atoms with E-state index in [0.29, 0.717) is 26.2 Å². The van der Waals surface area contributed by atoms with Gasteiger partial charge >= 0.3 is 6.18 Å². The number of carbonyl (C=O) groups is 1. The van der Waals surface area contributed by atoms with Crippen molar-refractivity contribution in [3.63, 3.8) is 0 Å². The average molecular weight is 355 g/mol. The number of nitrogens with one attached hydrogen (secondary N) is 1. The summed E-state index contributed by atoms with van der Waals surface area (Å²) >= 11 is 0. The van der Waals surface area contributed by atoms with Crippen molar-refractivity contribution < 1.29 is 18.0 Å². The lowest BCUT2D eigenvalue weighted by molar-refractivity contribution is -0.150. The zero-order valence-corrected chi connectivity index (χ0v) is 14.2. The van der Waals surface area contributed by atoms with Gasteiger partial charge in [0.25, 0.3) is 0 Å². The molecule has 1 heterocycles. The Morgan fingerprint density at radius 3 is 2.52 bits per heavy atom. The van der Waals surface area contributed by atoms with Crippen molar-refractivity contribution in [3.05, 3.63) is 35.4 Å². The molecule has 1 amide bonds. The van der Waals surface area contributed by atoms with Crippen LogP contribution in [-0.4, -0.2) is 61.2 Å². The van der Waals surface area contributed by atoms with Gasteiger partial charge in [0.15, 0.2) is 0 Å². The van der Waals surface area contributed by atoms with Gasteiger partial charge in [-0.2, -0.15) is 13.2 Å². The molecule has 7 heteroatoms. The van der Waals surface area contributed by atoms with Crippen LogP contribution in [0.4, 0.5) is 13.2 Å². The summed E-state index contributed by atoms with van der Waals surface area (Å²) in [7, 11) is 0. The van der Waals surface area contributed by atoms with Crippen molar-refractivity contribution >= 4 is 5.91 Å². The molecule has 1 saturated heterocycles. The molecule has 1 aromatic rings. The molecule has 4 nitrogen and oxygen atoms in total. The number of carbonyl (C=O) groups excluding carboxylic acids is 1. The Kier molecular flexibility index (Phi) is 5.64. The van der Waals surface area contributed by atoms with Gasteiger partial charge in [-0.15, -0.1) is 0 Å². The first-order valence-electron chi connectivity index (χ1n) is 8.79. The fraction of sp³-hybridized carbons (Fsp3) is 0.611. The van der Waals surface area contributed by atoms with Gasteiger partial charge in [-0.1, -0.05) is 24.3 Å². The zero-order valence-electron chi connectivity index (χ0n) is 14.2. The Labute approximate surface area is 146 Å². The van der Waals surface area contributed by atoms with Crippen molar-refractivity contribution in [2.24, 2.45) is 0 Å². The van der Waals surface area contributed by atoms with Crippen LogP contribution in [0.3, 0.4) is 0 Å². The highest BCUT2D eigenvalue weighted by Crippen LogP contribution is 2.29. The molecule has 1 aliphatic carbocycles. The second kappa shape index (κ2) is 7.74. The lowest BCUT2D eigenvalue weighted by Gasteiger charge is -2.35. The van der Waals surface area contributed by atoms with Crippen molar-refractivity contribution in [1.82, 2.24) is 15.1 Å². The third-order valence-electron chi connectivity index (χ3n) is 4.94. The standard InChI is InChI=1S/C18H24F3N3O/c19-18(20,21)13-24-10-8-23(9-11-24)12-17(25)22-16-7-3-5-14-4-1-2-6-15(14)16/h1-2,4,6,16H,3,5,7-13H2,(H,22,25). The Bertz CT molecular complexity index is 597. The van der Waals surface area contributed by atoms with Crippen LogP contribution in [0, 0.1) is 0 Å². The predicted molar refractivity (Wildman–Crippen MR) is 89.2 cm³/mol. The highest BCUT2D eigenvalue weighted by molar-refractivity contribution is 5.78. The summed E-state index contributed by atoms with van der Waals surface area (Å²) in [5.41, 5.74) is 2.48. The van der Waals surface area contributed by atoms with E-state index in [1.165, 1.54) is 16.0 Å². The van der Waals surface area contributed by atoms with Crippen molar-refractivity contribution in [2.45, 2.75) is 31.5 Å². The molecule has 138 valence electrons. The summed E-state index contributed by atoms with van der Waals surface area (Å²) in [5, 5.41) is 3.10.